The van der Waals surface area contributed by atoms with Crippen molar-refractivity contribution in [2.75, 3.05) is 14.2 Å². The summed E-state index contributed by atoms with van der Waals surface area (Å²) in [6.07, 6.45) is 0. The number of aromatic nitrogens is 1. The third-order valence-electron chi connectivity index (χ3n) is 5.23. The maximum atomic E-state index is 13.4. The fourth-order valence-corrected chi connectivity index (χ4v) is 4.28. The van der Waals surface area contributed by atoms with E-state index in [1.165, 1.54) is 0 Å². The van der Waals surface area contributed by atoms with Gasteiger partial charge in [0.1, 0.15) is 17.2 Å². The van der Waals surface area contributed by atoms with E-state index in [9.17, 15) is 4.79 Å². The molecular weight excluding hydrogens is 374 g/mol. The third kappa shape index (κ3) is 2.15. The molecule has 0 amide bonds. The number of ketones is 1. The lowest BCUT2D eigenvalue weighted by molar-refractivity contribution is 0.104. The first-order valence-corrected chi connectivity index (χ1v) is 9.23. The molecule has 1 aliphatic heterocycles. The molecule has 1 aromatic heterocycles. The van der Waals surface area contributed by atoms with Crippen LogP contribution in [0.5, 0.6) is 11.5 Å². The molecule has 2 heterocycles. The number of halogens is 1. The van der Waals surface area contributed by atoms with Gasteiger partial charge in [-0.05, 0) is 30.3 Å². The summed E-state index contributed by atoms with van der Waals surface area (Å²) in [5, 5.41) is 1.45. The van der Waals surface area contributed by atoms with Gasteiger partial charge in [0.15, 0.2) is 0 Å². The zero-order valence-electron chi connectivity index (χ0n) is 15.3. The van der Waals surface area contributed by atoms with Gasteiger partial charge in [-0.25, -0.2) is 0 Å². The van der Waals surface area contributed by atoms with Gasteiger partial charge in [-0.15, -0.1) is 0 Å². The average Bonchev–Trinajstić information content (AvgIpc) is 3.22. The number of fused-ring (bicyclic) bond motifs is 5. The first-order valence-electron chi connectivity index (χ1n) is 8.85. The Labute approximate surface area is 166 Å². The van der Waals surface area contributed by atoms with Crippen LogP contribution in [0.4, 0.5) is 0 Å². The Hall–Kier alpha value is -3.24. The molecule has 4 nitrogen and oxygen atoms in total. The zero-order chi connectivity index (χ0) is 19.4. The highest BCUT2D eigenvalue weighted by Gasteiger charge is 2.35. The highest BCUT2D eigenvalue weighted by molar-refractivity contribution is 6.37. The number of nitrogens with zero attached hydrogens (tertiary/aromatic N) is 1. The molecule has 5 heteroatoms. The summed E-state index contributed by atoms with van der Waals surface area (Å²) in [5.41, 5.74) is 4.59. The molecule has 0 radical (unpaired) electrons. The molecule has 0 saturated carbocycles. The summed E-state index contributed by atoms with van der Waals surface area (Å²) in [4.78, 5) is 13.4. The Morgan fingerprint density at radius 2 is 1.71 bits per heavy atom. The maximum Gasteiger partial charge on any atom is 0.214 e. The van der Waals surface area contributed by atoms with Crippen molar-refractivity contribution in [3.05, 3.63) is 76.9 Å². The van der Waals surface area contributed by atoms with Crippen molar-refractivity contribution in [2.24, 2.45) is 0 Å². The van der Waals surface area contributed by atoms with Crippen LogP contribution in [0.1, 0.15) is 16.1 Å². The van der Waals surface area contributed by atoms with Crippen LogP contribution in [0, 0.1) is 0 Å². The van der Waals surface area contributed by atoms with Gasteiger partial charge in [-0.2, -0.15) is 0 Å². The van der Waals surface area contributed by atoms with Gasteiger partial charge >= 0.3 is 0 Å². The predicted octanol–water partition coefficient (Wildman–Crippen LogP) is 5.51. The van der Waals surface area contributed by atoms with E-state index in [1.807, 2.05) is 59.2 Å². The van der Waals surface area contributed by atoms with Crippen molar-refractivity contribution in [3.8, 4) is 28.3 Å². The number of hydrogen-bond donors (Lipinski definition) is 0. The number of para-hydroxylation sites is 1. The Balaban J connectivity index is 1.91. The molecule has 0 unspecified atom stereocenters. The van der Waals surface area contributed by atoms with Crippen molar-refractivity contribution < 1.29 is 14.3 Å². The molecule has 3 aromatic carbocycles. The maximum absolute atomic E-state index is 13.4. The lowest BCUT2D eigenvalue weighted by Crippen LogP contribution is -2.00. The Bertz CT molecular complexity index is 1270. The Morgan fingerprint density at radius 3 is 2.50 bits per heavy atom. The summed E-state index contributed by atoms with van der Waals surface area (Å²) in [6.45, 7) is 0. The monoisotopic (exact) mass is 389 g/mol. The van der Waals surface area contributed by atoms with Crippen LogP contribution >= 0.6 is 11.6 Å². The fraction of sp³-hybridized carbons (Fsp3) is 0.0870. The average molecular weight is 390 g/mol. The number of rotatable bonds is 3. The quantitative estimate of drug-likeness (QED) is 0.408. The predicted molar refractivity (Wildman–Crippen MR) is 110 cm³/mol. The number of hydrogen-bond acceptors (Lipinski definition) is 3. The molecule has 138 valence electrons. The molecule has 4 aromatic rings. The molecule has 0 spiro atoms. The van der Waals surface area contributed by atoms with Gasteiger partial charge in [-0.1, -0.05) is 35.9 Å². The number of methoxy groups -OCH3 is 2. The highest BCUT2D eigenvalue weighted by Crippen LogP contribution is 2.47. The largest absolute Gasteiger partial charge is 0.497 e. The number of benzene rings is 3. The van der Waals surface area contributed by atoms with Crippen molar-refractivity contribution in [1.82, 2.24) is 4.57 Å². The lowest BCUT2D eigenvalue weighted by atomic mass is 9.97. The van der Waals surface area contributed by atoms with E-state index in [4.69, 9.17) is 21.1 Å². The van der Waals surface area contributed by atoms with E-state index in [2.05, 4.69) is 0 Å². The Morgan fingerprint density at radius 1 is 0.893 bits per heavy atom. The SMILES string of the molecule is COc1ccc(-c2c3n(c4ccccc24)-c2cccc(Cl)c2C3=O)c(OC)c1. The molecule has 0 bridgehead atoms. The van der Waals surface area contributed by atoms with E-state index in [-0.39, 0.29) is 5.78 Å². The minimum absolute atomic E-state index is 0.0790. The Kier molecular flexibility index (Phi) is 3.71. The minimum atomic E-state index is -0.0790. The van der Waals surface area contributed by atoms with Crippen LogP contribution in [0.15, 0.2) is 60.7 Å². The van der Waals surface area contributed by atoms with Crippen LogP contribution in [0.25, 0.3) is 27.7 Å². The van der Waals surface area contributed by atoms with Crippen molar-refractivity contribution >= 4 is 28.3 Å². The lowest BCUT2D eigenvalue weighted by Gasteiger charge is -2.11. The van der Waals surface area contributed by atoms with Crippen molar-refractivity contribution in [1.29, 1.82) is 0 Å². The fourth-order valence-electron chi connectivity index (χ4n) is 4.03. The minimum Gasteiger partial charge on any atom is -0.497 e. The topological polar surface area (TPSA) is 40.5 Å². The summed E-state index contributed by atoms with van der Waals surface area (Å²) in [6, 6.07) is 19.2. The van der Waals surface area contributed by atoms with Crippen LogP contribution in [0.3, 0.4) is 0 Å². The van der Waals surface area contributed by atoms with Gasteiger partial charge in [0.25, 0.3) is 0 Å². The van der Waals surface area contributed by atoms with Crippen LogP contribution in [-0.2, 0) is 0 Å². The summed E-state index contributed by atoms with van der Waals surface area (Å²) < 4.78 is 13.0. The smallest absolute Gasteiger partial charge is 0.214 e. The number of carbonyl (C=O) groups is 1. The second-order valence-corrected chi connectivity index (χ2v) is 7.01. The second-order valence-electron chi connectivity index (χ2n) is 6.61. The van der Waals surface area contributed by atoms with Gasteiger partial charge < -0.3 is 14.0 Å². The van der Waals surface area contributed by atoms with Gasteiger partial charge in [0.05, 0.1) is 36.0 Å². The van der Waals surface area contributed by atoms with E-state index in [1.54, 1.807) is 20.3 Å². The standard InChI is InChI=1S/C23H16ClNO3/c1-27-13-10-11-15(19(12-13)28-2)20-14-6-3-4-8-17(14)25-18-9-5-7-16(24)21(18)23(26)22(20)25/h3-12H,1-2H3. The molecule has 0 N–H and O–H groups in total. The van der Waals surface area contributed by atoms with Crippen molar-refractivity contribution in [2.45, 2.75) is 0 Å². The van der Waals surface area contributed by atoms with E-state index in [0.29, 0.717) is 27.8 Å². The zero-order valence-corrected chi connectivity index (χ0v) is 16.1. The molecule has 0 atom stereocenters. The molecular formula is C23H16ClNO3. The van der Waals surface area contributed by atoms with Gasteiger partial charge in [0.2, 0.25) is 5.78 Å². The summed E-state index contributed by atoms with van der Waals surface area (Å²) >= 11 is 6.38. The highest BCUT2D eigenvalue weighted by atomic mass is 35.5. The number of carbonyl (C=O) groups excluding carboxylic acids is 1. The van der Waals surface area contributed by atoms with E-state index in [0.717, 1.165) is 27.7 Å². The first kappa shape index (κ1) is 16.9. The third-order valence-corrected chi connectivity index (χ3v) is 5.54. The van der Waals surface area contributed by atoms with Gasteiger partial charge in [-0.3, -0.25) is 4.79 Å². The second kappa shape index (κ2) is 6.14. The first-order chi connectivity index (χ1) is 13.7. The summed E-state index contributed by atoms with van der Waals surface area (Å²) in [5.74, 6) is 1.26. The molecule has 1 aliphatic rings. The van der Waals surface area contributed by atoms with Gasteiger partial charge in [0, 0.05) is 22.6 Å². The van der Waals surface area contributed by atoms with E-state index >= 15 is 0 Å². The van der Waals surface area contributed by atoms with Crippen LogP contribution < -0.4 is 9.47 Å². The molecule has 0 fully saturated rings. The van der Waals surface area contributed by atoms with Crippen LogP contribution in [-0.4, -0.2) is 24.6 Å². The normalized spacial score (nSPS) is 12.2. The van der Waals surface area contributed by atoms with Crippen molar-refractivity contribution in [3.63, 3.8) is 0 Å². The molecule has 0 saturated heterocycles. The molecule has 0 aliphatic carbocycles. The van der Waals surface area contributed by atoms with E-state index < -0.39 is 0 Å². The van der Waals surface area contributed by atoms with Crippen LogP contribution in [0.2, 0.25) is 5.02 Å². The molecule has 5 rings (SSSR count). The molecule has 28 heavy (non-hydrogen) atoms. The number of ether oxygens (including phenoxy) is 2. The summed E-state index contributed by atoms with van der Waals surface area (Å²) in [7, 11) is 3.23.